The van der Waals surface area contributed by atoms with Gasteiger partial charge in [0, 0.05) is 18.3 Å². The summed E-state index contributed by atoms with van der Waals surface area (Å²) in [4.78, 5) is 7.90. The minimum Gasteiger partial charge on any atom is -0.497 e. The normalized spacial score (nSPS) is 10.5. The van der Waals surface area contributed by atoms with Crippen molar-refractivity contribution in [2.24, 2.45) is 0 Å². The molecular weight excluding hydrogens is 287 g/mol. The van der Waals surface area contributed by atoms with Crippen molar-refractivity contribution in [2.75, 3.05) is 12.8 Å². The number of methoxy groups -OCH3 is 1. The lowest BCUT2D eigenvalue weighted by molar-refractivity contribution is 0.404. The van der Waals surface area contributed by atoms with Crippen LogP contribution in [0.15, 0.2) is 49.1 Å². The summed E-state index contributed by atoms with van der Waals surface area (Å²) in [6.07, 6.45) is 4.52. The van der Waals surface area contributed by atoms with Gasteiger partial charge in [0.05, 0.1) is 19.0 Å². The third-order valence-corrected chi connectivity index (χ3v) is 2.96. The van der Waals surface area contributed by atoms with Crippen LogP contribution in [0.25, 0.3) is 5.69 Å². The molecule has 0 radical (unpaired) electrons. The first kappa shape index (κ1) is 13.9. The van der Waals surface area contributed by atoms with Gasteiger partial charge in [-0.15, -0.1) is 0 Å². The predicted octanol–water partition coefficient (Wildman–Crippen LogP) is 2.79. The molecule has 2 aromatic heterocycles. The summed E-state index contributed by atoms with van der Waals surface area (Å²) in [6.45, 7) is 0. The van der Waals surface area contributed by atoms with E-state index in [0.717, 1.165) is 0 Å². The number of benzene rings is 1. The molecule has 2 N–H and O–H groups in total. The number of pyridine rings is 1. The van der Waals surface area contributed by atoms with Crippen LogP contribution in [0.1, 0.15) is 0 Å². The van der Waals surface area contributed by atoms with Gasteiger partial charge in [0.25, 0.3) is 0 Å². The second kappa shape index (κ2) is 5.72. The fraction of sp³-hybridized carbons (Fsp3) is 0.0667. The molecule has 6 nitrogen and oxygen atoms in total. The lowest BCUT2D eigenvalue weighted by Gasteiger charge is -2.08. The second-order valence-corrected chi connectivity index (χ2v) is 4.45. The highest BCUT2D eigenvalue weighted by Crippen LogP contribution is 2.26. The van der Waals surface area contributed by atoms with Crippen LogP contribution in [-0.2, 0) is 0 Å². The molecule has 112 valence electrons. The Morgan fingerprint density at radius 1 is 1.14 bits per heavy atom. The zero-order valence-corrected chi connectivity index (χ0v) is 11.7. The van der Waals surface area contributed by atoms with Gasteiger partial charge < -0.3 is 19.8 Å². The number of nitrogen functional groups attached to an aromatic ring is 1. The number of hydrogen-bond acceptors (Lipinski definition) is 5. The van der Waals surface area contributed by atoms with Gasteiger partial charge in [-0.1, -0.05) is 0 Å². The molecule has 22 heavy (non-hydrogen) atoms. The van der Waals surface area contributed by atoms with Crippen molar-refractivity contribution in [2.45, 2.75) is 0 Å². The van der Waals surface area contributed by atoms with Crippen molar-refractivity contribution in [3.8, 4) is 23.1 Å². The lowest BCUT2D eigenvalue weighted by Crippen LogP contribution is -1.96. The molecule has 3 aromatic rings. The van der Waals surface area contributed by atoms with Gasteiger partial charge in [-0.05, 0) is 18.2 Å². The maximum absolute atomic E-state index is 14.2. The summed E-state index contributed by atoms with van der Waals surface area (Å²) < 4.78 is 26.3. The van der Waals surface area contributed by atoms with Crippen molar-refractivity contribution in [3.05, 3.63) is 54.9 Å². The first-order chi connectivity index (χ1) is 10.7. The highest BCUT2D eigenvalue weighted by molar-refractivity contribution is 5.42. The monoisotopic (exact) mass is 300 g/mol. The molecule has 3 rings (SSSR count). The number of hydrogen-bond donors (Lipinski definition) is 1. The van der Waals surface area contributed by atoms with Crippen LogP contribution >= 0.6 is 0 Å². The van der Waals surface area contributed by atoms with Crippen molar-refractivity contribution in [1.82, 2.24) is 14.5 Å². The SMILES string of the molecule is COc1ccnc(Oc2ccc(-n3cnc(N)c3)c(F)c2)c1. The van der Waals surface area contributed by atoms with Crippen LogP contribution in [0.5, 0.6) is 17.4 Å². The third kappa shape index (κ3) is 2.83. The summed E-state index contributed by atoms with van der Waals surface area (Å²) in [5, 5.41) is 0. The average Bonchev–Trinajstić information content (AvgIpc) is 2.94. The fourth-order valence-electron chi connectivity index (χ4n) is 1.93. The van der Waals surface area contributed by atoms with E-state index in [1.54, 1.807) is 37.6 Å². The lowest BCUT2D eigenvalue weighted by atomic mass is 10.3. The molecule has 0 aliphatic carbocycles. The van der Waals surface area contributed by atoms with Crippen LogP contribution in [0.4, 0.5) is 10.2 Å². The Morgan fingerprint density at radius 2 is 2.00 bits per heavy atom. The molecule has 0 bridgehead atoms. The molecule has 0 saturated heterocycles. The topological polar surface area (TPSA) is 75.2 Å². The van der Waals surface area contributed by atoms with E-state index in [1.165, 1.54) is 23.2 Å². The van der Waals surface area contributed by atoms with Gasteiger partial charge in [0.2, 0.25) is 5.88 Å². The predicted molar refractivity (Wildman–Crippen MR) is 78.8 cm³/mol. The number of rotatable bonds is 4. The molecule has 0 fully saturated rings. The van der Waals surface area contributed by atoms with Crippen molar-refractivity contribution >= 4 is 5.82 Å². The second-order valence-electron chi connectivity index (χ2n) is 4.45. The molecule has 0 aliphatic rings. The largest absolute Gasteiger partial charge is 0.497 e. The highest BCUT2D eigenvalue weighted by atomic mass is 19.1. The van der Waals surface area contributed by atoms with E-state index in [1.807, 2.05) is 0 Å². The average molecular weight is 300 g/mol. The highest BCUT2D eigenvalue weighted by Gasteiger charge is 2.08. The maximum atomic E-state index is 14.2. The van der Waals surface area contributed by atoms with Gasteiger partial charge in [-0.2, -0.15) is 0 Å². The van der Waals surface area contributed by atoms with E-state index in [4.69, 9.17) is 15.2 Å². The molecule has 0 amide bonds. The zero-order valence-electron chi connectivity index (χ0n) is 11.7. The maximum Gasteiger partial charge on any atom is 0.222 e. The smallest absolute Gasteiger partial charge is 0.222 e. The number of imidazole rings is 1. The quantitative estimate of drug-likeness (QED) is 0.802. The minimum atomic E-state index is -0.460. The molecule has 0 atom stereocenters. The van der Waals surface area contributed by atoms with Gasteiger partial charge in [-0.3, -0.25) is 0 Å². The number of nitrogens with zero attached hydrogens (tertiary/aromatic N) is 3. The molecule has 0 saturated carbocycles. The molecule has 1 aromatic carbocycles. The summed E-state index contributed by atoms with van der Waals surface area (Å²) in [7, 11) is 1.55. The number of halogens is 1. The molecule has 0 aliphatic heterocycles. The summed E-state index contributed by atoms with van der Waals surface area (Å²) in [5.41, 5.74) is 5.86. The Bertz CT molecular complexity index is 804. The Morgan fingerprint density at radius 3 is 2.68 bits per heavy atom. The summed E-state index contributed by atoms with van der Waals surface area (Å²) in [6, 6.07) is 7.79. The Kier molecular flexibility index (Phi) is 3.61. The molecule has 2 heterocycles. The first-order valence-electron chi connectivity index (χ1n) is 6.43. The van der Waals surface area contributed by atoms with Crippen molar-refractivity contribution < 1.29 is 13.9 Å². The van der Waals surface area contributed by atoms with Crippen LogP contribution in [0.3, 0.4) is 0 Å². The minimum absolute atomic E-state index is 0.318. The van der Waals surface area contributed by atoms with Gasteiger partial charge in [0.1, 0.15) is 23.6 Å². The van der Waals surface area contributed by atoms with Gasteiger partial charge >= 0.3 is 0 Å². The third-order valence-electron chi connectivity index (χ3n) is 2.96. The van der Waals surface area contributed by atoms with E-state index >= 15 is 0 Å². The van der Waals surface area contributed by atoms with Crippen LogP contribution in [0, 0.1) is 5.82 Å². The number of anilines is 1. The van der Waals surface area contributed by atoms with Crippen molar-refractivity contribution in [3.63, 3.8) is 0 Å². The van der Waals surface area contributed by atoms with Crippen LogP contribution in [0.2, 0.25) is 0 Å². The number of aromatic nitrogens is 3. The van der Waals surface area contributed by atoms with E-state index in [-0.39, 0.29) is 0 Å². The molecule has 0 spiro atoms. The number of ether oxygens (including phenoxy) is 2. The Labute approximate surface area is 126 Å². The Balaban J connectivity index is 1.85. The van der Waals surface area contributed by atoms with E-state index in [9.17, 15) is 4.39 Å². The zero-order chi connectivity index (χ0) is 15.5. The summed E-state index contributed by atoms with van der Waals surface area (Å²) in [5.74, 6) is 1.11. The fourth-order valence-corrected chi connectivity index (χ4v) is 1.93. The summed E-state index contributed by atoms with van der Waals surface area (Å²) >= 11 is 0. The molecule has 0 unspecified atom stereocenters. The number of nitrogens with two attached hydrogens (primary N) is 1. The van der Waals surface area contributed by atoms with E-state index in [2.05, 4.69) is 9.97 Å². The molecule has 7 heteroatoms. The van der Waals surface area contributed by atoms with Gasteiger partial charge in [-0.25, -0.2) is 14.4 Å². The first-order valence-corrected chi connectivity index (χ1v) is 6.43. The van der Waals surface area contributed by atoms with Crippen LogP contribution in [-0.4, -0.2) is 21.6 Å². The Hall–Kier alpha value is -3.09. The van der Waals surface area contributed by atoms with E-state index < -0.39 is 5.82 Å². The van der Waals surface area contributed by atoms with Gasteiger partial charge in [0.15, 0.2) is 5.82 Å². The molecular formula is C15H13FN4O2. The van der Waals surface area contributed by atoms with E-state index in [0.29, 0.717) is 28.9 Å². The van der Waals surface area contributed by atoms with Crippen molar-refractivity contribution in [1.29, 1.82) is 0 Å². The van der Waals surface area contributed by atoms with Crippen LogP contribution < -0.4 is 15.2 Å². The standard InChI is InChI=1S/C15H13FN4O2/c1-21-10-4-5-18-15(7-10)22-11-2-3-13(12(16)6-11)20-8-14(17)19-9-20/h2-9H,17H2,1H3.